The average molecular weight is 407 g/mol. The van der Waals surface area contributed by atoms with E-state index in [2.05, 4.69) is 47.1 Å². The number of unbranched alkanes of at least 4 members (excludes halogenated alkanes) is 1. The normalized spacial score (nSPS) is 17.0. The number of fused-ring (bicyclic) bond motifs is 3. The Hall–Kier alpha value is -2.14. The van der Waals surface area contributed by atoms with Crippen molar-refractivity contribution in [1.82, 2.24) is 9.97 Å². The first-order chi connectivity index (χ1) is 14.3. The number of para-hydroxylation sites is 1. The van der Waals surface area contributed by atoms with E-state index in [-0.39, 0.29) is 0 Å². The minimum atomic E-state index is 0.992. The molecule has 5 heteroatoms. The summed E-state index contributed by atoms with van der Waals surface area (Å²) in [6.45, 7) is 6.39. The van der Waals surface area contributed by atoms with Crippen molar-refractivity contribution in [2.75, 3.05) is 36.0 Å². The number of hydrogen-bond donors (Lipinski definition) is 0. The summed E-state index contributed by atoms with van der Waals surface area (Å²) in [4.78, 5) is 18.0. The molecule has 0 unspecified atom stereocenters. The van der Waals surface area contributed by atoms with Crippen LogP contribution in [0.5, 0.6) is 0 Å². The van der Waals surface area contributed by atoms with Gasteiger partial charge in [0.2, 0.25) is 0 Å². The molecule has 0 atom stereocenters. The fourth-order valence-corrected chi connectivity index (χ4v) is 5.95. The monoisotopic (exact) mass is 406 g/mol. The Balaban J connectivity index is 1.47. The van der Waals surface area contributed by atoms with Crippen molar-refractivity contribution >= 4 is 33.1 Å². The molecule has 0 amide bonds. The molecule has 1 aromatic carbocycles. The number of thiophene rings is 1. The molecular weight excluding hydrogens is 376 g/mol. The van der Waals surface area contributed by atoms with Gasteiger partial charge in [0, 0.05) is 43.2 Å². The summed E-state index contributed by atoms with van der Waals surface area (Å²) >= 11 is 1.93. The zero-order valence-electron chi connectivity index (χ0n) is 17.4. The number of anilines is 2. The summed E-state index contributed by atoms with van der Waals surface area (Å²) in [5, 5.41) is 1.37. The van der Waals surface area contributed by atoms with E-state index >= 15 is 0 Å². The van der Waals surface area contributed by atoms with Crippen LogP contribution in [0.4, 0.5) is 11.5 Å². The van der Waals surface area contributed by atoms with Crippen LogP contribution in [0.3, 0.4) is 0 Å². The number of rotatable bonds is 5. The van der Waals surface area contributed by atoms with Gasteiger partial charge in [-0.3, -0.25) is 0 Å². The molecule has 0 saturated carbocycles. The Labute approximate surface area is 177 Å². The average Bonchev–Trinajstić information content (AvgIpc) is 3.16. The Morgan fingerprint density at radius 1 is 0.931 bits per heavy atom. The van der Waals surface area contributed by atoms with Crippen LogP contribution in [0.1, 0.15) is 48.9 Å². The van der Waals surface area contributed by atoms with Gasteiger partial charge in [-0.2, -0.15) is 0 Å². The first kappa shape index (κ1) is 18.9. The fourth-order valence-electron chi connectivity index (χ4n) is 4.67. The molecule has 1 aliphatic heterocycles. The van der Waals surface area contributed by atoms with Gasteiger partial charge in [-0.1, -0.05) is 31.5 Å². The molecule has 0 N–H and O–H groups in total. The van der Waals surface area contributed by atoms with E-state index in [0.29, 0.717) is 0 Å². The van der Waals surface area contributed by atoms with Crippen molar-refractivity contribution in [2.24, 2.45) is 0 Å². The number of aromatic nitrogens is 2. The Kier molecular flexibility index (Phi) is 5.40. The highest BCUT2D eigenvalue weighted by molar-refractivity contribution is 7.19. The van der Waals surface area contributed by atoms with E-state index in [1.807, 2.05) is 11.3 Å². The minimum absolute atomic E-state index is 0.992. The lowest BCUT2D eigenvalue weighted by molar-refractivity contribution is 0.645. The summed E-state index contributed by atoms with van der Waals surface area (Å²) in [6, 6.07) is 10.8. The highest BCUT2D eigenvalue weighted by Crippen LogP contribution is 2.40. The zero-order chi connectivity index (χ0) is 19.6. The van der Waals surface area contributed by atoms with Gasteiger partial charge in [-0.05, 0) is 49.8 Å². The standard InChI is InChI=1S/C24H30N4S/c1-2-3-13-21-25-23(22-19-11-7-8-12-20(19)29-24(22)26-21)28-16-14-27(15-17-28)18-9-5-4-6-10-18/h4-6,9-10H,2-3,7-8,11-17H2,1H3. The van der Waals surface area contributed by atoms with E-state index in [0.717, 1.165) is 44.8 Å². The topological polar surface area (TPSA) is 32.3 Å². The molecule has 4 nitrogen and oxygen atoms in total. The Morgan fingerprint density at radius 3 is 2.48 bits per heavy atom. The lowest BCUT2D eigenvalue weighted by atomic mass is 9.96. The summed E-state index contributed by atoms with van der Waals surface area (Å²) in [7, 11) is 0. The van der Waals surface area contributed by atoms with Crippen molar-refractivity contribution in [3.05, 3.63) is 46.6 Å². The molecule has 1 aliphatic carbocycles. The largest absolute Gasteiger partial charge is 0.368 e. The number of nitrogens with zero attached hydrogens (tertiary/aromatic N) is 4. The minimum Gasteiger partial charge on any atom is -0.368 e. The van der Waals surface area contributed by atoms with Gasteiger partial charge >= 0.3 is 0 Å². The van der Waals surface area contributed by atoms with E-state index in [1.165, 1.54) is 53.8 Å². The van der Waals surface area contributed by atoms with Gasteiger partial charge in [0.05, 0.1) is 5.39 Å². The number of aryl methyl sites for hydroxylation is 3. The molecule has 0 radical (unpaired) electrons. The lowest BCUT2D eigenvalue weighted by Gasteiger charge is -2.37. The van der Waals surface area contributed by atoms with Crippen molar-refractivity contribution in [1.29, 1.82) is 0 Å². The predicted octanol–water partition coefficient (Wildman–Crippen LogP) is 5.24. The second-order valence-corrected chi connectivity index (χ2v) is 9.35. The molecular formula is C24H30N4S. The van der Waals surface area contributed by atoms with Crippen LogP contribution in [0.15, 0.2) is 30.3 Å². The third-order valence-electron chi connectivity index (χ3n) is 6.30. The van der Waals surface area contributed by atoms with Crippen LogP contribution < -0.4 is 9.80 Å². The molecule has 29 heavy (non-hydrogen) atoms. The molecule has 1 fully saturated rings. The van der Waals surface area contributed by atoms with Gasteiger partial charge in [0.1, 0.15) is 16.5 Å². The molecule has 2 aliphatic rings. The van der Waals surface area contributed by atoms with Crippen molar-refractivity contribution in [3.8, 4) is 0 Å². The second-order valence-electron chi connectivity index (χ2n) is 8.27. The highest BCUT2D eigenvalue weighted by Gasteiger charge is 2.26. The molecule has 2 aromatic heterocycles. The van der Waals surface area contributed by atoms with E-state index in [9.17, 15) is 0 Å². The first-order valence-electron chi connectivity index (χ1n) is 11.2. The molecule has 152 valence electrons. The van der Waals surface area contributed by atoms with Gasteiger partial charge in [-0.25, -0.2) is 9.97 Å². The molecule has 1 saturated heterocycles. The van der Waals surface area contributed by atoms with E-state index in [1.54, 1.807) is 10.4 Å². The first-order valence-corrected chi connectivity index (χ1v) is 12.0. The summed E-state index contributed by atoms with van der Waals surface area (Å²) in [5.41, 5.74) is 2.88. The molecule has 0 bridgehead atoms. The van der Waals surface area contributed by atoms with Crippen LogP contribution >= 0.6 is 11.3 Å². The van der Waals surface area contributed by atoms with Crippen LogP contribution in [-0.2, 0) is 19.3 Å². The third kappa shape index (κ3) is 3.73. The van der Waals surface area contributed by atoms with Gasteiger partial charge in [0.15, 0.2) is 0 Å². The van der Waals surface area contributed by atoms with Crippen LogP contribution in [0.2, 0.25) is 0 Å². The Bertz CT molecular complexity index is 973. The van der Waals surface area contributed by atoms with Crippen LogP contribution in [-0.4, -0.2) is 36.1 Å². The van der Waals surface area contributed by atoms with Crippen molar-refractivity contribution in [3.63, 3.8) is 0 Å². The fraction of sp³-hybridized carbons (Fsp3) is 0.500. The van der Waals surface area contributed by atoms with Crippen LogP contribution in [0, 0.1) is 0 Å². The maximum atomic E-state index is 5.14. The van der Waals surface area contributed by atoms with Crippen molar-refractivity contribution in [2.45, 2.75) is 51.9 Å². The summed E-state index contributed by atoms with van der Waals surface area (Å²) in [5.74, 6) is 2.26. The summed E-state index contributed by atoms with van der Waals surface area (Å²) < 4.78 is 0. The highest BCUT2D eigenvalue weighted by atomic mass is 32.1. The van der Waals surface area contributed by atoms with E-state index in [4.69, 9.17) is 9.97 Å². The number of benzene rings is 1. The zero-order valence-corrected chi connectivity index (χ0v) is 18.2. The Morgan fingerprint density at radius 2 is 1.69 bits per heavy atom. The lowest BCUT2D eigenvalue weighted by Crippen LogP contribution is -2.47. The number of piperazine rings is 1. The third-order valence-corrected chi connectivity index (χ3v) is 7.48. The maximum absolute atomic E-state index is 5.14. The predicted molar refractivity (Wildman–Crippen MR) is 124 cm³/mol. The van der Waals surface area contributed by atoms with Gasteiger partial charge < -0.3 is 9.80 Å². The van der Waals surface area contributed by atoms with Gasteiger partial charge in [-0.15, -0.1) is 11.3 Å². The quantitative estimate of drug-likeness (QED) is 0.580. The maximum Gasteiger partial charge on any atom is 0.141 e. The molecule has 3 heterocycles. The van der Waals surface area contributed by atoms with Gasteiger partial charge in [0.25, 0.3) is 0 Å². The van der Waals surface area contributed by atoms with Crippen molar-refractivity contribution < 1.29 is 0 Å². The molecule has 0 spiro atoms. The smallest absolute Gasteiger partial charge is 0.141 e. The van der Waals surface area contributed by atoms with E-state index < -0.39 is 0 Å². The second kappa shape index (κ2) is 8.31. The molecule has 5 rings (SSSR count). The number of hydrogen-bond acceptors (Lipinski definition) is 5. The molecule has 3 aromatic rings. The summed E-state index contributed by atoms with van der Waals surface area (Å²) in [6.07, 6.45) is 8.39. The SMILES string of the molecule is CCCCc1nc(N2CCN(c3ccccc3)CC2)c2c3c(sc2n1)CCCC3. The van der Waals surface area contributed by atoms with Crippen LogP contribution in [0.25, 0.3) is 10.2 Å².